The van der Waals surface area contributed by atoms with E-state index in [0.717, 1.165) is 61.0 Å². The first-order chi connectivity index (χ1) is 11.2. The number of nitrogens with zero attached hydrogens (tertiary/aromatic N) is 2. The molecule has 122 valence electrons. The van der Waals surface area contributed by atoms with Gasteiger partial charge in [-0.2, -0.15) is 0 Å². The molecule has 1 aromatic heterocycles. The molecule has 0 aliphatic carbocycles. The van der Waals surface area contributed by atoms with Crippen molar-refractivity contribution < 1.29 is 9.47 Å². The number of benzene rings is 1. The molecule has 1 aromatic carbocycles. The van der Waals surface area contributed by atoms with Crippen molar-refractivity contribution in [2.24, 2.45) is 5.92 Å². The Morgan fingerprint density at radius 3 is 2.83 bits per heavy atom. The highest BCUT2D eigenvalue weighted by Gasteiger charge is 2.21. The van der Waals surface area contributed by atoms with E-state index in [-0.39, 0.29) is 0 Å². The summed E-state index contributed by atoms with van der Waals surface area (Å²) in [6.07, 6.45) is 4.08. The monoisotopic (exact) mass is 312 g/mol. The van der Waals surface area contributed by atoms with Crippen LogP contribution >= 0.6 is 0 Å². The zero-order valence-corrected chi connectivity index (χ0v) is 14.1. The predicted molar refractivity (Wildman–Crippen MR) is 90.2 cm³/mol. The summed E-state index contributed by atoms with van der Waals surface area (Å²) < 4.78 is 11.2. The molecule has 3 rings (SSSR count). The lowest BCUT2D eigenvalue weighted by Crippen LogP contribution is -2.23. The molecular formula is C19H24N2O2. The van der Waals surface area contributed by atoms with E-state index >= 15 is 0 Å². The SMILES string of the molecule is CCCc1cc(CC2COc3cc(OC)ccc3C2)nc(C)n1. The second-order valence-electron chi connectivity index (χ2n) is 6.21. The second-order valence-corrected chi connectivity index (χ2v) is 6.21. The summed E-state index contributed by atoms with van der Waals surface area (Å²) in [6.45, 7) is 4.88. The maximum Gasteiger partial charge on any atom is 0.126 e. The van der Waals surface area contributed by atoms with Gasteiger partial charge in [-0.15, -0.1) is 0 Å². The first-order valence-electron chi connectivity index (χ1n) is 8.31. The average molecular weight is 312 g/mol. The Balaban J connectivity index is 1.72. The summed E-state index contributed by atoms with van der Waals surface area (Å²) in [5.41, 5.74) is 3.53. The van der Waals surface area contributed by atoms with Crippen LogP contribution in [0, 0.1) is 12.8 Å². The third-order valence-electron chi connectivity index (χ3n) is 4.21. The summed E-state index contributed by atoms with van der Waals surface area (Å²) >= 11 is 0. The van der Waals surface area contributed by atoms with Crippen molar-refractivity contribution in [2.45, 2.75) is 39.5 Å². The van der Waals surface area contributed by atoms with Crippen LogP contribution in [-0.2, 0) is 19.3 Å². The zero-order valence-electron chi connectivity index (χ0n) is 14.1. The van der Waals surface area contributed by atoms with Crippen LogP contribution in [0.5, 0.6) is 11.5 Å². The highest BCUT2D eigenvalue weighted by Crippen LogP contribution is 2.32. The van der Waals surface area contributed by atoms with Crippen molar-refractivity contribution in [1.82, 2.24) is 9.97 Å². The average Bonchev–Trinajstić information content (AvgIpc) is 2.54. The molecule has 1 aliphatic rings. The van der Waals surface area contributed by atoms with E-state index < -0.39 is 0 Å². The second kappa shape index (κ2) is 6.99. The largest absolute Gasteiger partial charge is 0.497 e. The van der Waals surface area contributed by atoms with E-state index in [2.05, 4.69) is 29.0 Å². The fraction of sp³-hybridized carbons (Fsp3) is 0.474. The van der Waals surface area contributed by atoms with Crippen LogP contribution in [0.2, 0.25) is 0 Å². The van der Waals surface area contributed by atoms with Gasteiger partial charge in [0.2, 0.25) is 0 Å². The molecule has 0 saturated heterocycles. The standard InChI is InChI=1S/C19H24N2O2/c1-4-5-16-10-17(21-13(2)20-16)9-14-8-15-6-7-18(22-3)11-19(15)23-12-14/h6-7,10-11,14H,4-5,8-9,12H2,1-3H3. The minimum atomic E-state index is 0.458. The van der Waals surface area contributed by atoms with Crippen molar-refractivity contribution >= 4 is 0 Å². The van der Waals surface area contributed by atoms with Gasteiger partial charge >= 0.3 is 0 Å². The summed E-state index contributed by atoms with van der Waals surface area (Å²) in [5.74, 6) is 3.12. The lowest BCUT2D eigenvalue weighted by molar-refractivity contribution is 0.219. The molecule has 0 spiro atoms. The van der Waals surface area contributed by atoms with E-state index in [0.29, 0.717) is 5.92 Å². The van der Waals surface area contributed by atoms with Crippen LogP contribution in [0.25, 0.3) is 0 Å². The van der Waals surface area contributed by atoms with Gasteiger partial charge in [0.05, 0.1) is 13.7 Å². The summed E-state index contributed by atoms with van der Waals surface area (Å²) in [6, 6.07) is 8.23. The molecule has 2 heterocycles. The number of aryl methyl sites for hydroxylation is 2. The molecule has 4 nitrogen and oxygen atoms in total. The van der Waals surface area contributed by atoms with Crippen LogP contribution in [0.3, 0.4) is 0 Å². The quantitative estimate of drug-likeness (QED) is 0.847. The highest BCUT2D eigenvalue weighted by molar-refractivity contribution is 5.42. The molecule has 0 fully saturated rings. The Labute approximate surface area is 137 Å². The maximum absolute atomic E-state index is 5.94. The molecule has 1 aliphatic heterocycles. The maximum atomic E-state index is 5.94. The molecule has 4 heteroatoms. The lowest BCUT2D eigenvalue weighted by atomic mass is 9.92. The number of methoxy groups -OCH3 is 1. The summed E-state index contributed by atoms with van der Waals surface area (Å²) in [4.78, 5) is 9.12. The van der Waals surface area contributed by atoms with Gasteiger partial charge in [0.15, 0.2) is 0 Å². The first kappa shape index (κ1) is 15.8. The minimum absolute atomic E-state index is 0.458. The van der Waals surface area contributed by atoms with E-state index in [1.807, 2.05) is 19.1 Å². The number of aromatic nitrogens is 2. The van der Waals surface area contributed by atoms with E-state index in [1.165, 1.54) is 5.56 Å². The van der Waals surface area contributed by atoms with Crippen molar-refractivity contribution in [3.05, 3.63) is 47.0 Å². The Morgan fingerprint density at radius 2 is 2.04 bits per heavy atom. The molecule has 23 heavy (non-hydrogen) atoms. The lowest BCUT2D eigenvalue weighted by Gasteiger charge is -2.25. The fourth-order valence-corrected chi connectivity index (χ4v) is 3.16. The van der Waals surface area contributed by atoms with Gasteiger partial charge in [-0.25, -0.2) is 9.97 Å². The fourth-order valence-electron chi connectivity index (χ4n) is 3.16. The van der Waals surface area contributed by atoms with Crippen molar-refractivity contribution in [1.29, 1.82) is 0 Å². The van der Waals surface area contributed by atoms with E-state index in [4.69, 9.17) is 9.47 Å². The highest BCUT2D eigenvalue weighted by atomic mass is 16.5. The summed E-state index contributed by atoms with van der Waals surface area (Å²) in [5, 5.41) is 0. The van der Waals surface area contributed by atoms with Crippen molar-refractivity contribution in [3.8, 4) is 11.5 Å². The topological polar surface area (TPSA) is 44.2 Å². The first-order valence-corrected chi connectivity index (χ1v) is 8.31. The Morgan fingerprint density at radius 1 is 1.22 bits per heavy atom. The smallest absolute Gasteiger partial charge is 0.126 e. The molecule has 2 aromatic rings. The Hall–Kier alpha value is -2.10. The molecule has 0 saturated carbocycles. The van der Waals surface area contributed by atoms with Gasteiger partial charge in [0.1, 0.15) is 17.3 Å². The predicted octanol–water partition coefficient (Wildman–Crippen LogP) is 3.54. The molecule has 1 atom stereocenters. The van der Waals surface area contributed by atoms with Crippen LogP contribution in [-0.4, -0.2) is 23.7 Å². The molecule has 0 radical (unpaired) electrons. The number of ether oxygens (including phenoxy) is 2. The Bertz CT molecular complexity index is 685. The molecule has 1 unspecified atom stereocenters. The van der Waals surface area contributed by atoms with Crippen molar-refractivity contribution in [3.63, 3.8) is 0 Å². The van der Waals surface area contributed by atoms with E-state index in [9.17, 15) is 0 Å². The van der Waals surface area contributed by atoms with E-state index in [1.54, 1.807) is 7.11 Å². The Kier molecular flexibility index (Phi) is 4.79. The summed E-state index contributed by atoms with van der Waals surface area (Å²) in [7, 11) is 1.68. The van der Waals surface area contributed by atoms with Crippen LogP contribution in [0.15, 0.2) is 24.3 Å². The molecule has 0 N–H and O–H groups in total. The van der Waals surface area contributed by atoms with Gasteiger partial charge in [-0.3, -0.25) is 0 Å². The van der Waals surface area contributed by atoms with Crippen LogP contribution < -0.4 is 9.47 Å². The van der Waals surface area contributed by atoms with Crippen molar-refractivity contribution in [2.75, 3.05) is 13.7 Å². The molecular weight excluding hydrogens is 288 g/mol. The molecule has 0 amide bonds. The van der Waals surface area contributed by atoms with Crippen LogP contribution in [0.1, 0.15) is 36.1 Å². The van der Waals surface area contributed by atoms with Gasteiger partial charge in [-0.05, 0) is 43.9 Å². The molecule has 0 bridgehead atoms. The zero-order chi connectivity index (χ0) is 16.2. The third kappa shape index (κ3) is 3.81. The van der Waals surface area contributed by atoms with Gasteiger partial charge in [0, 0.05) is 23.4 Å². The number of hydrogen-bond acceptors (Lipinski definition) is 4. The number of rotatable bonds is 5. The number of hydrogen-bond donors (Lipinski definition) is 0. The van der Waals surface area contributed by atoms with Gasteiger partial charge in [0.25, 0.3) is 0 Å². The van der Waals surface area contributed by atoms with Crippen LogP contribution in [0.4, 0.5) is 0 Å². The van der Waals surface area contributed by atoms with Gasteiger partial charge in [-0.1, -0.05) is 19.4 Å². The number of fused-ring (bicyclic) bond motifs is 1. The van der Waals surface area contributed by atoms with Gasteiger partial charge < -0.3 is 9.47 Å². The third-order valence-corrected chi connectivity index (χ3v) is 4.21. The minimum Gasteiger partial charge on any atom is -0.497 e. The normalized spacial score (nSPS) is 16.6.